The van der Waals surface area contributed by atoms with Gasteiger partial charge in [0.15, 0.2) is 34.9 Å². The maximum atomic E-state index is 5.32. The molecule has 0 amide bonds. The predicted octanol–water partition coefficient (Wildman–Crippen LogP) is 23.4. The third kappa shape index (κ3) is 11.7. The molecule has 7 heteroatoms. The van der Waals surface area contributed by atoms with E-state index in [9.17, 15) is 0 Å². The Kier molecular flexibility index (Phi) is 15.2. The molecule has 0 aliphatic heterocycles. The van der Waals surface area contributed by atoms with Crippen molar-refractivity contribution in [1.82, 2.24) is 34.9 Å². The fourth-order valence-electron chi connectivity index (χ4n) is 15.3. The van der Waals surface area contributed by atoms with Crippen molar-refractivity contribution in [2.24, 2.45) is 0 Å². The SMILES string of the molecule is Cc1cc(C)nc(-c2nc(-c3ccc(-c4cccc(-c5cccc(-c6ccc7cc(-c8nc(-c9ccccc9)nc(-c9ccc(-c%10ccc%11c(c%10)C(C)(C)CCC%11(C)C)c%10ccccc9%10)n8)ccc7c6)c5)c4)cc3)nc(-c3ccc(-c4ccc5c(c4)C(C)(C)CCC5(C)C)cc3)n2)c1. The molecule has 478 valence electrons. The molecule has 0 saturated heterocycles. The van der Waals surface area contributed by atoms with Gasteiger partial charge >= 0.3 is 0 Å². The Morgan fingerprint density at radius 3 is 1.13 bits per heavy atom. The van der Waals surface area contributed by atoms with Gasteiger partial charge in [0.2, 0.25) is 0 Å². The van der Waals surface area contributed by atoms with E-state index in [1.54, 1.807) is 0 Å². The zero-order valence-corrected chi connectivity index (χ0v) is 57.6. The second-order valence-corrected chi connectivity index (χ2v) is 30.0. The first kappa shape index (κ1) is 61.9. The smallest absolute Gasteiger partial charge is 0.182 e. The quantitative estimate of drug-likeness (QED) is 0.127. The van der Waals surface area contributed by atoms with Crippen LogP contribution in [-0.4, -0.2) is 34.9 Å². The summed E-state index contributed by atoms with van der Waals surface area (Å²) >= 11 is 0. The summed E-state index contributed by atoms with van der Waals surface area (Å²) in [5, 5.41) is 4.51. The van der Waals surface area contributed by atoms with Crippen molar-refractivity contribution in [3.8, 4) is 124 Å². The van der Waals surface area contributed by atoms with Gasteiger partial charge in [-0.25, -0.2) is 34.9 Å². The van der Waals surface area contributed by atoms with E-state index in [4.69, 9.17) is 34.9 Å². The van der Waals surface area contributed by atoms with E-state index in [-0.39, 0.29) is 21.7 Å². The lowest BCUT2D eigenvalue weighted by molar-refractivity contribution is 0.332. The van der Waals surface area contributed by atoms with Crippen LogP contribution in [0.5, 0.6) is 0 Å². The lowest BCUT2D eigenvalue weighted by Crippen LogP contribution is -2.33. The normalized spacial score (nSPS) is 15.0. The number of fused-ring (bicyclic) bond motifs is 4. The summed E-state index contributed by atoms with van der Waals surface area (Å²) in [5.41, 5.74) is 25.4. The van der Waals surface area contributed by atoms with Crippen LogP contribution in [0, 0.1) is 13.8 Å². The van der Waals surface area contributed by atoms with Gasteiger partial charge in [0.05, 0.1) is 0 Å². The van der Waals surface area contributed by atoms with Crippen LogP contribution in [0.4, 0.5) is 0 Å². The second kappa shape index (κ2) is 24.0. The molecule has 0 fully saturated rings. The molecule has 0 unspecified atom stereocenters. The van der Waals surface area contributed by atoms with Crippen molar-refractivity contribution in [2.75, 3.05) is 0 Å². The van der Waals surface area contributed by atoms with Gasteiger partial charge in [-0.3, -0.25) is 0 Å². The van der Waals surface area contributed by atoms with Gasteiger partial charge in [-0.2, -0.15) is 0 Å². The summed E-state index contributed by atoms with van der Waals surface area (Å²) in [6.07, 6.45) is 4.72. The van der Waals surface area contributed by atoms with Crippen LogP contribution >= 0.6 is 0 Å². The molecule has 3 aromatic heterocycles. The van der Waals surface area contributed by atoms with Crippen molar-refractivity contribution < 1.29 is 0 Å². The number of nitrogens with zero attached hydrogens (tertiary/aromatic N) is 7. The van der Waals surface area contributed by atoms with Crippen molar-refractivity contribution in [3.63, 3.8) is 0 Å². The Morgan fingerprint density at radius 2 is 0.592 bits per heavy atom. The van der Waals surface area contributed by atoms with Crippen LogP contribution in [-0.2, 0) is 21.7 Å². The van der Waals surface area contributed by atoms with Gasteiger partial charge in [0.1, 0.15) is 5.69 Å². The Balaban J connectivity index is 0.671. The first-order valence-electron chi connectivity index (χ1n) is 34.6. The summed E-state index contributed by atoms with van der Waals surface area (Å²) in [6.45, 7) is 23.2. The molecular weight excluding hydrogens is 1190 g/mol. The minimum atomic E-state index is 0.103. The largest absolute Gasteiger partial charge is 0.250 e. The molecule has 0 N–H and O–H groups in total. The lowest BCUT2D eigenvalue weighted by atomic mass is 9.63. The van der Waals surface area contributed by atoms with Gasteiger partial charge < -0.3 is 0 Å². The van der Waals surface area contributed by atoms with E-state index < -0.39 is 0 Å². The highest BCUT2D eigenvalue weighted by molar-refractivity contribution is 6.04. The van der Waals surface area contributed by atoms with Gasteiger partial charge in [0.25, 0.3) is 0 Å². The summed E-state index contributed by atoms with van der Waals surface area (Å²) in [4.78, 5) is 36.0. The second-order valence-electron chi connectivity index (χ2n) is 30.0. The van der Waals surface area contributed by atoms with Gasteiger partial charge in [-0.1, -0.05) is 262 Å². The molecule has 98 heavy (non-hydrogen) atoms. The van der Waals surface area contributed by atoms with Crippen LogP contribution in [0.25, 0.3) is 146 Å². The molecule has 2 aliphatic carbocycles. The number of pyridine rings is 1. The molecule has 14 aromatic rings. The van der Waals surface area contributed by atoms with E-state index >= 15 is 0 Å². The third-order valence-corrected chi connectivity index (χ3v) is 21.3. The van der Waals surface area contributed by atoms with Crippen molar-refractivity contribution in [1.29, 1.82) is 0 Å². The maximum Gasteiger partial charge on any atom is 0.182 e. The molecule has 0 spiro atoms. The average Bonchev–Trinajstić information content (AvgIpc) is 0.756. The molecule has 2 aliphatic rings. The van der Waals surface area contributed by atoms with E-state index in [1.807, 2.05) is 25.1 Å². The Morgan fingerprint density at radius 1 is 0.235 bits per heavy atom. The zero-order valence-electron chi connectivity index (χ0n) is 57.6. The molecule has 16 rings (SSSR count). The molecular formula is C91H79N7. The minimum Gasteiger partial charge on any atom is -0.250 e. The summed E-state index contributed by atoms with van der Waals surface area (Å²) in [7, 11) is 0. The van der Waals surface area contributed by atoms with Crippen molar-refractivity contribution in [2.45, 2.75) is 117 Å². The van der Waals surface area contributed by atoms with Gasteiger partial charge in [-0.05, 0) is 209 Å². The van der Waals surface area contributed by atoms with E-state index in [2.05, 4.69) is 293 Å². The number of hydrogen-bond donors (Lipinski definition) is 0. The third-order valence-electron chi connectivity index (χ3n) is 21.3. The first-order chi connectivity index (χ1) is 47.3. The Hall–Kier alpha value is -10.9. The van der Waals surface area contributed by atoms with E-state index in [0.29, 0.717) is 34.9 Å². The first-order valence-corrected chi connectivity index (χ1v) is 34.6. The predicted molar refractivity (Wildman–Crippen MR) is 406 cm³/mol. The highest BCUT2D eigenvalue weighted by Crippen LogP contribution is 2.50. The number of benzene rings is 11. The van der Waals surface area contributed by atoms with Crippen molar-refractivity contribution >= 4 is 21.5 Å². The van der Waals surface area contributed by atoms with Gasteiger partial charge in [0, 0.05) is 33.5 Å². The molecule has 0 bridgehead atoms. The van der Waals surface area contributed by atoms with Crippen LogP contribution in [0.3, 0.4) is 0 Å². The van der Waals surface area contributed by atoms with E-state index in [0.717, 1.165) is 94.3 Å². The maximum absolute atomic E-state index is 5.32. The molecule has 7 nitrogen and oxygen atoms in total. The summed E-state index contributed by atoms with van der Waals surface area (Å²) in [5.74, 6) is 3.65. The monoisotopic (exact) mass is 1270 g/mol. The fourth-order valence-corrected chi connectivity index (χ4v) is 15.3. The summed E-state index contributed by atoms with van der Waals surface area (Å²) in [6, 6.07) is 89.9. The minimum absolute atomic E-state index is 0.103. The number of hydrogen-bond acceptors (Lipinski definition) is 7. The van der Waals surface area contributed by atoms with Crippen LogP contribution < -0.4 is 0 Å². The number of aromatic nitrogens is 7. The summed E-state index contributed by atoms with van der Waals surface area (Å²) < 4.78 is 0. The topological polar surface area (TPSA) is 90.2 Å². The van der Waals surface area contributed by atoms with E-state index in [1.165, 1.54) is 75.6 Å². The highest BCUT2D eigenvalue weighted by atomic mass is 15.1. The van der Waals surface area contributed by atoms with Crippen molar-refractivity contribution in [3.05, 3.63) is 282 Å². The number of aryl methyl sites for hydroxylation is 2. The molecule has 0 radical (unpaired) electrons. The lowest BCUT2D eigenvalue weighted by Gasteiger charge is -2.42. The molecule has 0 atom stereocenters. The highest BCUT2D eigenvalue weighted by Gasteiger charge is 2.39. The molecule has 0 saturated carbocycles. The average molecular weight is 1270 g/mol. The Bertz CT molecular complexity index is 5450. The molecule has 3 heterocycles. The van der Waals surface area contributed by atoms with Crippen LogP contribution in [0.1, 0.15) is 115 Å². The number of rotatable bonds is 11. The molecule has 11 aromatic carbocycles. The standard InChI is InChI=1S/C91H79N7/c1-56-48-57(2)92-81(49-56)87-97-83(93-84(98-87)62-32-28-59(29-33-62)70-38-42-77-79(54-70)90(7,8)46-44-88(77,3)4)61-30-26-58(27-31-61)63-20-16-21-64(50-63)65-22-17-23-66(51-65)67-34-35-69-53-72(37-36-68(69)52-67)85-94-82(60-18-12-11-13-19-60)95-86(96-85)76-41-40-73(74-24-14-15-25-75(74)76)71-39-43-78-80(55-71)91(9,10)47-45-89(78,5)6/h11-43,48-55H,44-47H2,1-10H3. The zero-order chi connectivity index (χ0) is 67.2. The Labute approximate surface area is 576 Å². The fraction of sp³-hybridized carbons (Fsp3) is 0.198. The van der Waals surface area contributed by atoms with Crippen LogP contribution in [0.2, 0.25) is 0 Å². The van der Waals surface area contributed by atoms with Crippen LogP contribution in [0.15, 0.2) is 249 Å². The van der Waals surface area contributed by atoms with Gasteiger partial charge in [-0.15, -0.1) is 0 Å².